The van der Waals surface area contributed by atoms with E-state index in [1.807, 2.05) is 0 Å². The van der Waals surface area contributed by atoms with Gasteiger partial charge in [-0.1, -0.05) is 36.4 Å². The molecule has 0 saturated heterocycles. The van der Waals surface area contributed by atoms with Crippen molar-refractivity contribution in [3.63, 3.8) is 0 Å². The van der Waals surface area contributed by atoms with Crippen LogP contribution in [0.2, 0.25) is 0 Å². The Morgan fingerprint density at radius 1 is 0.615 bits per heavy atom. The van der Waals surface area contributed by atoms with E-state index in [1.165, 1.54) is 55.7 Å². The van der Waals surface area contributed by atoms with Crippen LogP contribution in [0, 0.1) is 0 Å². The molecule has 196 valence electrons. The van der Waals surface area contributed by atoms with Gasteiger partial charge in [-0.25, -0.2) is 0 Å². The lowest BCUT2D eigenvalue weighted by molar-refractivity contribution is 0.103. The average molecular weight is 525 g/mol. The van der Waals surface area contributed by atoms with Gasteiger partial charge < -0.3 is 29.9 Å². The molecular formula is C31H24O8. The van der Waals surface area contributed by atoms with Gasteiger partial charge in [0.05, 0.1) is 18.2 Å². The van der Waals surface area contributed by atoms with Crippen LogP contribution in [-0.2, 0) is 0 Å². The van der Waals surface area contributed by atoms with Crippen LogP contribution in [-0.4, -0.2) is 39.1 Å². The van der Waals surface area contributed by atoms with E-state index in [1.54, 1.807) is 48.6 Å². The van der Waals surface area contributed by atoms with E-state index in [0.717, 1.165) is 6.07 Å². The van der Waals surface area contributed by atoms with Crippen LogP contribution in [0.25, 0.3) is 12.2 Å². The fourth-order valence-electron chi connectivity index (χ4n) is 3.60. The summed E-state index contributed by atoms with van der Waals surface area (Å²) < 4.78 is 11.2. The monoisotopic (exact) mass is 524 g/mol. The third kappa shape index (κ3) is 6.64. The minimum absolute atomic E-state index is 0.0105. The first kappa shape index (κ1) is 26.6. The van der Waals surface area contributed by atoms with Crippen LogP contribution in [0.3, 0.4) is 0 Å². The van der Waals surface area contributed by atoms with Crippen molar-refractivity contribution < 1.29 is 39.5 Å². The highest BCUT2D eigenvalue weighted by atomic mass is 16.5. The normalized spacial score (nSPS) is 11.1. The molecular weight excluding hydrogens is 500 g/mol. The van der Waals surface area contributed by atoms with Gasteiger partial charge in [0.1, 0.15) is 28.7 Å². The Bertz CT molecular complexity index is 1570. The molecule has 0 bridgehead atoms. The summed E-state index contributed by atoms with van der Waals surface area (Å²) in [4.78, 5) is 25.1. The van der Waals surface area contributed by atoms with Gasteiger partial charge in [-0.05, 0) is 65.7 Å². The third-order valence-electron chi connectivity index (χ3n) is 5.65. The first-order chi connectivity index (χ1) is 18.7. The average Bonchev–Trinajstić information content (AvgIpc) is 2.92. The fourth-order valence-corrected chi connectivity index (χ4v) is 3.60. The second-order valence-electron chi connectivity index (χ2n) is 8.38. The summed E-state index contributed by atoms with van der Waals surface area (Å²) >= 11 is 0. The summed E-state index contributed by atoms with van der Waals surface area (Å²) in [7, 11) is 1.41. The van der Waals surface area contributed by atoms with E-state index in [-0.39, 0.29) is 45.6 Å². The van der Waals surface area contributed by atoms with Crippen molar-refractivity contribution in [2.45, 2.75) is 0 Å². The minimum atomic E-state index is -0.460. The zero-order valence-electron chi connectivity index (χ0n) is 20.7. The smallest absolute Gasteiger partial charge is 0.189 e. The zero-order valence-corrected chi connectivity index (χ0v) is 20.7. The maximum absolute atomic E-state index is 12.8. The van der Waals surface area contributed by atoms with Gasteiger partial charge in [-0.2, -0.15) is 0 Å². The molecule has 0 amide bonds. The molecule has 4 aromatic rings. The van der Waals surface area contributed by atoms with E-state index in [4.69, 9.17) is 9.47 Å². The van der Waals surface area contributed by atoms with Crippen LogP contribution in [0.1, 0.15) is 31.8 Å². The number of carbonyl (C=O) groups excluding carboxylic acids is 2. The number of phenolic OH excluding ortho intramolecular Hbond substituents is 4. The number of hydrogen-bond acceptors (Lipinski definition) is 8. The highest BCUT2D eigenvalue weighted by molar-refractivity contribution is 6.09. The van der Waals surface area contributed by atoms with Crippen molar-refractivity contribution in [1.29, 1.82) is 0 Å². The van der Waals surface area contributed by atoms with Gasteiger partial charge in [0.25, 0.3) is 0 Å². The Morgan fingerprint density at radius 3 is 1.74 bits per heavy atom. The molecule has 0 unspecified atom stereocenters. The first-order valence-electron chi connectivity index (χ1n) is 11.7. The SMILES string of the molecule is COc1cc(O)c(C(=O)/C=C/c2ccc(O)cc2)cc1Oc1ccc(/C=C/C(=O)c2ccc(O)cc2O)cc1. The first-order valence-corrected chi connectivity index (χ1v) is 11.7. The second-order valence-corrected chi connectivity index (χ2v) is 8.38. The van der Waals surface area contributed by atoms with E-state index >= 15 is 0 Å². The van der Waals surface area contributed by atoms with Crippen molar-refractivity contribution >= 4 is 23.7 Å². The zero-order chi connectivity index (χ0) is 27.9. The number of benzene rings is 4. The number of carbonyl (C=O) groups is 2. The van der Waals surface area contributed by atoms with E-state index in [9.17, 15) is 30.0 Å². The van der Waals surface area contributed by atoms with Gasteiger partial charge in [-0.15, -0.1) is 0 Å². The lowest BCUT2D eigenvalue weighted by atomic mass is 10.1. The molecule has 0 fully saturated rings. The summed E-state index contributed by atoms with van der Waals surface area (Å²) in [6.45, 7) is 0. The number of rotatable bonds is 9. The van der Waals surface area contributed by atoms with E-state index < -0.39 is 11.6 Å². The van der Waals surface area contributed by atoms with Crippen LogP contribution in [0.15, 0.2) is 91.0 Å². The molecule has 0 aliphatic carbocycles. The maximum atomic E-state index is 12.8. The maximum Gasteiger partial charge on any atom is 0.189 e. The summed E-state index contributed by atoms with van der Waals surface area (Å²) in [6, 6.07) is 19.4. The molecule has 0 atom stereocenters. The summed E-state index contributed by atoms with van der Waals surface area (Å²) in [5.41, 5.74) is 1.45. The van der Waals surface area contributed by atoms with Crippen LogP contribution < -0.4 is 9.47 Å². The highest BCUT2D eigenvalue weighted by Crippen LogP contribution is 2.37. The van der Waals surface area contributed by atoms with Gasteiger partial charge in [-0.3, -0.25) is 9.59 Å². The van der Waals surface area contributed by atoms with Crippen molar-refractivity contribution in [2.24, 2.45) is 0 Å². The Hall–Kier alpha value is -5.50. The van der Waals surface area contributed by atoms with Crippen molar-refractivity contribution in [3.05, 3.63) is 113 Å². The summed E-state index contributed by atoms with van der Waals surface area (Å²) in [5.74, 6) is -0.675. The molecule has 0 aromatic heterocycles. The summed E-state index contributed by atoms with van der Waals surface area (Å²) in [5, 5.41) is 39.0. The van der Waals surface area contributed by atoms with Gasteiger partial charge in [0.15, 0.2) is 23.1 Å². The molecule has 0 aliphatic rings. The van der Waals surface area contributed by atoms with Gasteiger partial charge >= 0.3 is 0 Å². The Kier molecular flexibility index (Phi) is 7.97. The Morgan fingerprint density at radius 2 is 1.15 bits per heavy atom. The molecule has 8 heteroatoms. The quantitative estimate of drug-likeness (QED) is 0.152. The third-order valence-corrected chi connectivity index (χ3v) is 5.65. The number of aromatic hydroxyl groups is 4. The molecule has 4 rings (SSSR count). The molecule has 39 heavy (non-hydrogen) atoms. The second kappa shape index (κ2) is 11.7. The minimum Gasteiger partial charge on any atom is -0.508 e. The van der Waals surface area contributed by atoms with Crippen molar-refractivity contribution in [3.8, 4) is 40.2 Å². The van der Waals surface area contributed by atoms with Crippen LogP contribution in [0.4, 0.5) is 0 Å². The fraction of sp³-hybridized carbons (Fsp3) is 0.0323. The lowest BCUT2D eigenvalue weighted by Gasteiger charge is -2.13. The Labute approximate surface area is 224 Å². The van der Waals surface area contributed by atoms with Crippen LogP contribution >= 0.6 is 0 Å². The molecule has 0 saturated carbocycles. The van der Waals surface area contributed by atoms with Crippen molar-refractivity contribution in [2.75, 3.05) is 7.11 Å². The number of methoxy groups -OCH3 is 1. The predicted octanol–water partition coefficient (Wildman–Crippen LogP) is 6.10. The molecule has 0 radical (unpaired) electrons. The lowest BCUT2D eigenvalue weighted by Crippen LogP contribution is -1.98. The topological polar surface area (TPSA) is 134 Å². The predicted molar refractivity (Wildman–Crippen MR) is 146 cm³/mol. The molecule has 4 aromatic carbocycles. The van der Waals surface area contributed by atoms with E-state index in [0.29, 0.717) is 16.9 Å². The molecule has 8 nitrogen and oxygen atoms in total. The number of ether oxygens (including phenoxy) is 2. The van der Waals surface area contributed by atoms with E-state index in [2.05, 4.69) is 0 Å². The van der Waals surface area contributed by atoms with Gasteiger partial charge in [0.2, 0.25) is 0 Å². The number of allylic oxidation sites excluding steroid dienone is 2. The molecule has 4 N–H and O–H groups in total. The standard InChI is InChI=1S/C31H24O8/c1-38-30-18-29(37)25(27(35)15-7-19-2-8-21(32)9-3-19)17-31(30)39-23-11-4-20(5-12-23)6-14-26(34)24-13-10-22(33)16-28(24)36/h2-18,32-33,36-37H,1H3/b14-6+,15-7+. The highest BCUT2D eigenvalue weighted by Gasteiger charge is 2.16. The molecule has 0 aliphatic heterocycles. The summed E-state index contributed by atoms with van der Waals surface area (Å²) in [6.07, 6.45) is 5.73. The Balaban J connectivity index is 1.49. The number of phenols is 4. The number of ketones is 2. The largest absolute Gasteiger partial charge is 0.508 e. The molecule has 0 spiro atoms. The number of hydrogen-bond donors (Lipinski definition) is 4. The molecule has 0 heterocycles. The van der Waals surface area contributed by atoms with Gasteiger partial charge in [0, 0.05) is 12.1 Å². The van der Waals surface area contributed by atoms with Crippen LogP contribution in [0.5, 0.6) is 40.2 Å². The van der Waals surface area contributed by atoms with Crippen molar-refractivity contribution in [1.82, 2.24) is 0 Å².